The summed E-state index contributed by atoms with van der Waals surface area (Å²) in [4.78, 5) is 0. The molecule has 1 aromatic heterocycles. The molecule has 1 N–H and O–H groups in total. The second kappa shape index (κ2) is 6.23. The number of likely N-dealkylation sites (N-methyl/N-ethyl adjacent to an activating group) is 1. The van der Waals surface area contributed by atoms with Gasteiger partial charge in [-0.25, -0.2) is 0 Å². The lowest BCUT2D eigenvalue weighted by Crippen LogP contribution is -2.24. The third kappa shape index (κ3) is 3.28. The Balaban J connectivity index is 2.29. The van der Waals surface area contributed by atoms with Crippen LogP contribution in [0.5, 0.6) is 0 Å². The van der Waals surface area contributed by atoms with Crippen molar-refractivity contribution in [2.24, 2.45) is 7.05 Å². The number of nitrogens with one attached hydrogen (secondary N) is 1. The van der Waals surface area contributed by atoms with Gasteiger partial charge in [-0.05, 0) is 44.5 Å². The molecule has 0 aliphatic carbocycles. The molecule has 0 spiro atoms. The van der Waals surface area contributed by atoms with Gasteiger partial charge in [0.1, 0.15) is 0 Å². The predicted octanol–water partition coefficient (Wildman–Crippen LogP) is 3.24. The smallest absolute Gasteiger partial charge is 0.0596 e. The fourth-order valence-electron chi connectivity index (χ4n) is 2.82. The summed E-state index contributed by atoms with van der Waals surface area (Å²) in [6, 6.07) is 9.22. The third-order valence-corrected chi connectivity index (χ3v) is 3.76. The van der Waals surface area contributed by atoms with Crippen LogP contribution in [-0.2, 0) is 13.5 Å². The average Bonchev–Trinajstić information content (AvgIpc) is 2.67. The third-order valence-electron chi connectivity index (χ3n) is 3.76. The molecule has 2 aromatic rings. The zero-order valence-corrected chi connectivity index (χ0v) is 13.2. The van der Waals surface area contributed by atoms with Crippen LogP contribution in [0.15, 0.2) is 24.3 Å². The van der Waals surface area contributed by atoms with Crippen molar-refractivity contribution in [3.63, 3.8) is 0 Å². The van der Waals surface area contributed by atoms with Crippen molar-refractivity contribution in [1.82, 2.24) is 15.1 Å². The van der Waals surface area contributed by atoms with Gasteiger partial charge in [-0.15, -0.1) is 0 Å². The first-order chi connectivity index (χ1) is 9.51. The van der Waals surface area contributed by atoms with E-state index in [0.717, 1.165) is 18.7 Å². The Morgan fingerprint density at radius 2 is 1.95 bits per heavy atom. The van der Waals surface area contributed by atoms with Gasteiger partial charge in [-0.1, -0.05) is 30.7 Å². The van der Waals surface area contributed by atoms with Crippen molar-refractivity contribution < 1.29 is 0 Å². The monoisotopic (exact) mass is 271 g/mol. The first-order valence-corrected chi connectivity index (χ1v) is 7.31. The number of benzene rings is 1. The van der Waals surface area contributed by atoms with Crippen LogP contribution in [0, 0.1) is 20.8 Å². The molecule has 1 aromatic carbocycles. The molecule has 0 aliphatic rings. The molecule has 1 atom stereocenters. The van der Waals surface area contributed by atoms with Crippen LogP contribution in [0.25, 0.3) is 0 Å². The molecule has 0 saturated heterocycles. The quantitative estimate of drug-likeness (QED) is 0.904. The second-order valence-corrected chi connectivity index (χ2v) is 5.58. The summed E-state index contributed by atoms with van der Waals surface area (Å²) >= 11 is 0. The summed E-state index contributed by atoms with van der Waals surface area (Å²) in [7, 11) is 2.02. The Morgan fingerprint density at radius 1 is 1.20 bits per heavy atom. The van der Waals surface area contributed by atoms with Crippen LogP contribution >= 0.6 is 0 Å². The number of nitrogens with zero attached hydrogens (tertiary/aromatic N) is 2. The molecule has 20 heavy (non-hydrogen) atoms. The van der Waals surface area contributed by atoms with Crippen molar-refractivity contribution in [2.75, 3.05) is 6.54 Å². The van der Waals surface area contributed by atoms with Gasteiger partial charge in [0.15, 0.2) is 0 Å². The van der Waals surface area contributed by atoms with Crippen molar-refractivity contribution in [2.45, 2.75) is 40.2 Å². The number of rotatable bonds is 5. The van der Waals surface area contributed by atoms with E-state index >= 15 is 0 Å². The van der Waals surface area contributed by atoms with Gasteiger partial charge in [0.05, 0.1) is 5.69 Å². The molecule has 1 unspecified atom stereocenters. The Morgan fingerprint density at radius 3 is 2.50 bits per heavy atom. The summed E-state index contributed by atoms with van der Waals surface area (Å²) in [6.45, 7) is 9.51. The molecule has 3 heteroatoms. The van der Waals surface area contributed by atoms with Crippen molar-refractivity contribution in [3.8, 4) is 0 Å². The summed E-state index contributed by atoms with van der Waals surface area (Å²) in [5.41, 5.74) is 6.41. The highest BCUT2D eigenvalue weighted by Crippen LogP contribution is 2.23. The average molecular weight is 271 g/mol. The van der Waals surface area contributed by atoms with Gasteiger partial charge in [-0.2, -0.15) is 5.10 Å². The molecule has 0 amide bonds. The molecular weight excluding hydrogens is 246 g/mol. The van der Waals surface area contributed by atoms with E-state index in [1.807, 2.05) is 18.7 Å². The van der Waals surface area contributed by atoms with Crippen molar-refractivity contribution >= 4 is 0 Å². The van der Waals surface area contributed by atoms with E-state index in [1.165, 1.54) is 22.4 Å². The maximum Gasteiger partial charge on any atom is 0.0596 e. The minimum Gasteiger partial charge on any atom is -0.310 e. The summed E-state index contributed by atoms with van der Waals surface area (Å²) < 4.78 is 1.99. The Kier molecular flexibility index (Phi) is 4.61. The topological polar surface area (TPSA) is 29.9 Å². The van der Waals surface area contributed by atoms with E-state index < -0.39 is 0 Å². The molecule has 0 saturated carbocycles. The largest absolute Gasteiger partial charge is 0.310 e. The highest BCUT2D eigenvalue weighted by atomic mass is 15.3. The van der Waals surface area contributed by atoms with Crippen LogP contribution in [0.4, 0.5) is 0 Å². The zero-order chi connectivity index (χ0) is 14.7. The minimum absolute atomic E-state index is 0.343. The second-order valence-electron chi connectivity index (χ2n) is 5.58. The molecule has 0 radical (unpaired) electrons. The minimum atomic E-state index is 0.343. The van der Waals surface area contributed by atoms with Gasteiger partial charge in [0, 0.05) is 25.2 Å². The van der Waals surface area contributed by atoms with Gasteiger partial charge >= 0.3 is 0 Å². The summed E-state index contributed by atoms with van der Waals surface area (Å²) in [6.07, 6.45) is 0.967. The summed E-state index contributed by atoms with van der Waals surface area (Å²) in [5.74, 6) is 0. The lowest BCUT2D eigenvalue weighted by Gasteiger charge is -2.21. The van der Waals surface area contributed by atoms with Gasteiger partial charge in [0.2, 0.25) is 0 Å². The van der Waals surface area contributed by atoms with E-state index in [-0.39, 0.29) is 0 Å². The zero-order valence-electron chi connectivity index (χ0n) is 13.2. The van der Waals surface area contributed by atoms with E-state index in [1.54, 1.807) is 0 Å². The maximum atomic E-state index is 4.44. The standard InChI is InChI=1S/C17H25N3/c1-6-18-17(11-15-10-14(4)19-20(15)5)16-8-7-12(2)9-13(16)3/h7-10,17-18H,6,11H2,1-5H3. The van der Waals surface area contributed by atoms with Gasteiger partial charge < -0.3 is 5.32 Å². The van der Waals surface area contributed by atoms with E-state index in [4.69, 9.17) is 0 Å². The lowest BCUT2D eigenvalue weighted by atomic mass is 9.96. The number of hydrogen-bond acceptors (Lipinski definition) is 2. The lowest BCUT2D eigenvalue weighted by molar-refractivity contribution is 0.526. The van der Waals surface area contributed by atoms with E-state index in [0.29, 0.717) is 6.04 Å². The van der Waals surface area contributed by atoms with Gasteiger partial charge in [-0.3, -0.25) is 4.68 Å². The van der Waals surface area contributed by atoms with Crippen LogP contribution in [0.2, 0.25) is 0 Å². The van der Waals surface area contributed by atoms with E-state index in [2.05, 4.69) is 55.5 Å². The van der Waals surface area contributed by atoms with Crippen molar-refractivity contribution in [1.29, 1.82) is 0 Å². The Bertz CT molecular complexity index is 584. The number of aryl methyl sites for hydroxylation is 4. The van der Waals surface area contributed by atoms with Crippen molar-refractivity contribution in [3.05, 3.63) is 52.3 Å². The SMILES string of the molecule is CCNC(Cc1cc(C)nn1C)c1ccc(C)cc1C. The molecule has 1 heterocycles. The first kappa shape index (κ1) is 14.8. The van der Waals surface area contributed by atoms with Crippen LogP contribution < -0.4 is 5.32 Å². The van der Waals surface area contributed by atoms with Gasteiger partial charge in [0.25, 0.3) is 0 Å². The highest BCUT2D eigenvalue weighted by Gasteiger charge is 2.15. The predicted molar refractivity (Wildman–Crippen MR) is 84.0 cm³/mol. The number of hydrogen-bond donors (Lipinski definition) is 1. The summed E-state index contributed by atoms with van der Waals surface area (Å²) in [5, 5.41) is 8.05. The molecule has 0 fully saturated rings. The van der Waals surface area contributed by atoms with Crippen LogP contribution in [0.1, 0.15) is 41.0 Å². The highest BCUT2D eigenvalue weighted by molar-refractivity contribution is 5.33. The van der Waals surface area contributed by atoms with Crippen LogP contribution in [0.3, 0.4) is 0 Å². The Labute approximate surface area is 122 Å². The van der Waals surface area contributed by atoms with Crippen LogP contribution in [-0.4, -0.2) is 16.3 Å². The first-order valence-electron chi connectivity index (χ1n) is 7.31. The molecule has 3 nitrogen and oxygen atoms in total. The molecule has 2 rings (SSSR count). The molecule has 108 valence electrons. The Hall–Kier alpha value is -1.61. The molecule has 0 aliphatic heterocycles. The normalized spacial score (nSPS) is 12.7. The molecular formula is C17H25N3. The molecule has 0 bridgehead atoms. The fourth-order valence-corrected chi connectivity index (χ4v) is 2.82. The maximum absolute atomic E-state index is 4.44. The number of aromatic nitrogens is 2. The van der Waals surface area contributed by atoms with E-state index in [9.17, 15) is 0 Å². The fraction of sp³-hybridized carbons (Fsp3) is 0.471.